The Balaban J connectivity index is 2.44. The molecule has 3 heteroatoms. The van der Waals surface area contributed by atoms with Crippen molar-refractivity contribution in [3.05, 3.63) is 22.8 Å². The van der Waals surface area contributed by atoms with Crippen LogP contribution in [0.25, 0.3) is 0 Å². The molecule has 18 heavy (non-hydrogen) atoms. The lowest BCUT2D eigenvalue weighted by Gasteiger charge is -2.26. The van der Waals surface area contributed by atoms with Crippen molar-refractivity contribution in [2.75, 3.05) is 27.3 Å². The number of nitrogens with one attached hydrogen (secondary N) is 1. The van der Waals surface area contributed by atoms with E-state index in [-0.39, 0.29) is 0 Å². The van der Waals surface area contributed by atoms with Crippen molar-refractivity contribution in [3.8, 4) is 11.5 Å². The Hall–Kier alpha value is -1.22. The molecular weight excluding hydrogens is 226 g/mol. The second-order valence-corrected chi connectivity index (χ2v) is 5.00. The van der Waals surface area contributed by atoms with Crippen molar-refractivity contribution in [2.24, 2.45) is 0 Å². The molecule has 2 rings (SSSR count). The highest BCUT2D eigenvalue weighted by Crippen LogP contribution is 2.40. The molecule has 0 radical (unpaired) electrons. The van der Waals surface area contributed by atoms with E-state index in [1.54, 1.807) is 14.2 Å². The summed E-state index contributed by atoms with van der Waals surface area (Å²) in [4.78, 5) is 0. The van der Waals surface area contributed by atoms with E-state index in [2.05, 4.69) is 25.2 Å². The maximum absolute atomic E-state index is 5.54. The number of hydrogen-bond donors (Lipinski definition) is 1. The molecule has 1 fully saturated rings. The summed E-state index contributed by atoms with van der Waals surface area (Å²) in [5, 5.41) is 3.41. The van der Waals surface area contributed by atoms with Gasteiger partial charge in [-0.2, -0.15) is 0 Å². The average Bonchev–Trinajstić information content (AvgIpc) is 2.41. The SMILES string of the molecule is COc1c(C)cc(C2CCNCC2)c(C)c1OC. The summed E-state index contributed by atoms with van der Waals surface area (Å²) < 4.78 is 11.0. The van der Waals surface area contributed by atoms with Crippen molar-refractivity contribution in [1.29, 1.82) is 0 Å². The highest BCUT2D eigenvalue weighted by atomic mass is 16.5. The summed E-state index contributed by atoms with van der Waals surface area (Å²) in [5.74, 6) is 2.41. The zero-order valence-electron chi connectivity index (χ0n) is 11.8. The van der Waals surface area contributed by atoms with Gasteiger partial charge in [0, 0.05) is 0 Å². The Bertz CT molecular complexity index is 423. The number of piperidine rings is 1. The Morgan fingerprint density at radius 1 is 1.06 bits per heavy atom. The highest BCUT2D eigenvalue weighted by molar-refractivity contribution is 5.55. The third-order valence-electron chi connectivity index (χ3n) is 3.90. The van der Waals surface area contributed by atoms with Crippen LogP contribution in [0.3, 0.4) is 0 Å². The van der Waals surface area contributed by atoms with Crippen LogP contribution in [0.2, 0.25) is 0 Å². The number of methoxy groups -OCH3 is 2. The normalized spacial score (nSPS) is 16.7. The van der Waals surface area contributed by atoms with E-state index in [9.17, 15) is 0 Å². The van der Waals surface area contributed by atoms with Gasteiger partial charge in [-0.05, 0) is 62.4 Å². The molecule has 0 unspecified atom stereocenters. The first-order valence-electron chi connectivity index (χ1n) is 6.61. The van der Waals surface area contributed by atoms with E-state index in [1.807, 2.05) is 0 Å². The van der Waals surface area contributed by atoms with Gasteiger partial charge in [0.1, 0.15) is 0 Å². The first-order chi connectivity index (χ1) is 8.69. The van der Waals surface area contributed by atoms with Gasteiger partial charge in [0.05, 0.1) is 14.2 Å². The molecule has 0 aromatic heterocycles. The van der Waals surface area contributed by atoms with E-state index < -0.39 is 0 Å². The van der Waals surface area contributed by atoms with Gasteiger partial charge in [-0.15, -0.1) is 0 Å². The van der Waals surface area contributed by atoms with Gasteiger partial charge in [0.15, 0.2) is 11.5 Å². The van der Waals surface area contributed by atoms with Crippen LogP contribution in [0.5, 0.6) is 11.5 Å². The van der Waals surface area contributed by atoms with Gasteiger partial charge in [-0.1, -0.05) is 6.07 Å². The Morgan fingerprint density at radius 2 is 1.67 bits per heavy atom. The third kappa shape index (κ3) is 2.32. The smallest absolute Gasteiger partial charge is 0.164 e. The van der Waals surface area contributed by atoms with E-state index in [4.69, 9.17) is 9.47 Å². The van der Waals surface area contributed by atoms with Gasteiger partial charge < -0.3 is 14.8 Å². The lowest BCUT2D eigenvalue weighted by atomic mass is 9.86. The van der Waals surface area contributed by atoms with Crippen LogP contribution in [0.15, 0.2) is 6.07 Å². The molecule has 0 spiro atoms. The summed E-state index contributed by atoms with van der Waals surface area (Å²) in [5.41, 5.74) is 3.81. The quantitative estimate of drug-likeness (QED) is 0.893. The molecule has 1 aliphatic rings. The number of hydrogen-bond acceptors (Lipinski definition) is 3. The van der Waals surface area contributed by atoms with Crippen LogP contribution >= 0.6 is 0 Å². The number of benzene rings is 1. The fourth-order valence-electron chi connectivity index (χ4n) is 2.94. The van der Waals surface area contributed by atoms with Crippen molar-refractivity contribution in [3.63, 3.8) is 0 Å². The Labute approximate surface area is 109 Å². The summed E-state index contributed by atoms with van der Waals surface area (Å²) in [6.45, 7) is 6.44. The lowest BCUT2D eigenvalue weighted by Crippen LogP contribution is -2.27. The standard InChI is InChI=1S/C15H23NO2/c1-10-9-13(12-5-7-16-8-6-12)11(2)15(18-4)14(10)17-3/h9,12,16H,5-8H2,1-4H3. The van der Waals surface area contributed by atoms with Gasteiger partial charge in [-0.25, -0.2) is 0 Å². The van der Waals surface area contributed by atoms with E-state index in [1.165, 1.54) is 24.0 Å². The molecule has 1 aromatic rings. The molecule has 1 heterocycles. The maximum atomic E-state index is 5.54. The van der Waals surface area contributed by atoms with Crippen LogP contribution in [0, 0.1) is 13.8 Å². The molecule has 0 saturated carbocycles. The molecule has 3 nitrogen and oxygen atoms in total. The molecule has 1 N–H and O–H groups in total. The first kappa shape index (κ1) is 13.2. The first-order valence-corrected chi connectivity index (χ1v) is 6.61. The Kier molecular flexibility index (Phi) is 4.12. The molecule has 1 saturated heterocycles. The monoisotopic (exact) mass is 249 g/mol. The van der Waals surface area contributed by atoms with Crippen molar-refractivity contribution in [2.45, 2.75) is 32.6 Å². The van der Waals surface area contributed by atoms with Gasteiger partial charge in [-0.3, -0.25) is 0 Å². The molecule has 0 bridgehead atoms. The minimum Gasteiger partial charge on any atom is -0.493 e. The number of aryl methyl sites for hydroxylation is 1. The summed E-state index contributed by atoms with van der Waals surface area (Å²) in [7, 11) is 3.42. The predicted molar refractivity (Wildman–Crippen MR) is 73.9 cm³/mol. The second-order valence-electron chi connectivity index (χ2n) is 5.00. The van der Waals surface area contributed by atoms with Gasteiger partial charge in [0.25, 0.3) is 0 Å². The molecule has 1 aromatic carbocycles. The van der Waals surface area contributed by atoms with Crippen molar-refractivity contribution in [1.82, 2.24) is 5.32 Å². The van der Waals surface area contributed by atoms with E-state index >= 15 is 0 Å². The number of ether oxygens (including phenoxy) is 2. The molecule has 100 valence electrons. The highest BCUT2D eigenvalue weighted by Gasteiger charge is 2.22. The topological polar surface area (TPSA) is 30.5 Å². The van der Waals surface area contributed by atoms with E-state index in [0.717, 1.165) is 30.2 Å². The van der Waals surface area contributed by atoms with Crippen LogP contribution in [-0.2, 0) is 0 Å². The average molecular weight is 249 g/mol. The lowest BCUT2D eigenvalue weighted by molar-refractivity contribution is 0.349. The third-order valence-corrected chi connectivity index (χ3v) is 3.90. The summed E-state index contributed by atoms with van der Waals surface area (Å²) >= 11 is 0. The summed E-state index contributed by atoms with van der Waals surface area (Å²) in [6.07, 6.45) is 2.41. The molecular formula is C15H23NO2. The van der Waals surface area contributed by atoms with E-state index in [0.29, 0.717) is 5.92 Å². The predicted octanol–water partition coefficient (Wildman–Crippen LogP) is 2.79. The van der Waals surface area contributed by atoms with Crippen LogP contribution in [-0.4, -0.2) is 27.3 Å². The van der Waals surface area contributed by atoms with Crippen molar-refractivity contribution < 1.29 is 9.47 Å². The van der Waals surface area contributed by atoms with Crippen LogP contribution < -0.4 is 14.8 Å². The van der Waals surface area contributed by atoms with Crippen molar-refractivity contribution >= 4 is 0 Å². The number of rotatable bonds is 3. The summed E-state index contributed by atoms with van der Waals surface area (Å²) in [6, 6.07) is 2.27. The zero-order chi connectivity index (χ0) is 13.1. The van der Waals surface area contributed by atoms with Crippen LogP contribution in [0.1, 0.15) is 35.4 Å². The molecule has 0 amide bonds. The Morgan fingerprint density at radius 3 is 2.22 bits per heavy atom. The largest absolute Gasteiger partial charge is 0.493 e. The second kappa shape index (κ2) is 5.61. The minimum absolute atomic E-state index is 0.643. The zero-order valence-corrected chi connectivity index (χ0v) is 11.8. The fourth-order valence-corrected chi connectivity index (χ4v) is 2.94. The molecule has 0 aliphatic carbocycles. The maximum Gasteiger partial charge on any atom is 0.164 e. The fraction of sp³-hybridized carbons (Fsp3) is 0.600. The minimum atomic E-state index is 0.643. The van der Waals surface area contributed by atoms with Crippen LogP contribution in [0.4, 0.5) is 0 Å². The molecule has 0 atom stereocenters. The van der Waals surface area contributed by atoms with Gasteiger partial charge >= 0.3 is 0 Å². The molecule has 1 aliphatic heterocycles. The van der Waals surface area contributed by atoms with Gasteiger partial charge in [0.2, 0.25) is 0 Å².